The van der Waals surface area contributed by atoms with E-state index in [0.29, 0.717) is 29.8 Å². The quantitative estimate of drug-likeness (QED) is 0.133. The monoisotopic (exact) mass is 522 g/mol. The van der Waals surface area contributed by atoms with Crippen LogP contribution in [0.25, 0.3) is 0 Å². The van der Waals surface area contributed by atoms with Gasteiger partial charge in [0.1, 0.15) is 11.5 Å². The normalized spacial score (nSPS) is 18.0. The third-order valence-corrected chi connectivity index (χ3v) is 7.68. The van der Waals surface area contributed by atoms with Crippen molar-refractivity contribution in [1.29, 1.82) is 0 Å². The van der Waals surface area contributed by atoms with Gasteiger partial charge in [-0.1, -0.05) is 71.4 Å². The Labute approximate surface area is 229 Å². The van der Waals surface area contributed by atoms with E-state index in [4.69, 9.17) is 14.2 Å². The van der Waals surface area contributed by atoms with Crippen LogP contribution in [0.3, 0.4) is 0 Å². The second kappa shape index (κ2) is 16.2. The van der Waals surface area contributed by atoms with Gasteiger partial charge in [-0.25, -0.2) is 4.79 Å². The van der Waals surface area contributed by atoms with Crippen LogP contribution in [0.1, 0.15) is 113 Å². The molecule has 1 aliphatic carbocycles. The molecule has 3 rings (SSSR count). The molecule has 0 heterocycles. The van der Waals surface area contributed by atoms with Gasteiger partial charge in [0.25, 0.3) is 0 Å². The van der Waals surface area contributed by atoms with Crippen molar-refractivity contribution in [3.05, 3.63) is 59.7 Å². The molecule has 2 aromatic carbocycles. The SMILES string of the molecule is CCCCCCCCOc1ccc([C@H]2CC[C@H](C(=O)Oc3ccc(C(=O)OCC(C)CC)cc3)CC2)cc1. The molecule has 0 amide bonds. The first-order valence-corrected chi connectivity index (χ1v) is 14.7. The Balaban J connectivity index is 1.37. The third-order valence-electron chi connectivity index (χ3n) is 7.68. The number of esters is 2. The van der Waals surface area contributed by atoms with Gasteiger partial charge >= 0.3 is 11.9 Å². The Hall–Kier alpha value is -2.82. The minimum absolute atomic E-state index is 0.0913. The van der Waals surface area contributed by atoms with Gasteiger partial charge in [-0.05, 0) is 85.9 Å². The molecule has 0 aliphatic heterocycles. The number of hydrogen-bond donors (Lipinski definition) is 0. The fourth-order valence-electron chi connectivity index (χ4n) is 4.85. The lowest BCUT2D eigenvalue weighted by atomic mass is 9.79. The number of carbonyl (C=O) groups excluding carboxylic acids is 2. The van der Waals surface area contributed by atoms with Crippen LogP contribution < -0.4 is 9.47 Å². The van der Waals surface area contributed by atoms with E-state index in [1.807, 2.05) is 6.92 Å². The van der Waals surface area contributed by atoms with E-state index in [1.165, 1.54) is 37.7 Å². The van der Waals surface area contributed by atoms with Crippen LogP contribution in [-0.4, -0.2) is 25.2 Å². The Morgan fingerprint density at radius 2 is 1.45 bits per heavy atom. The van der Waals surface area contributed by atoms with Crippen LogP contribution in [0.2, 0.25) is 0 Å². The number of ether oxygens (including phenoxy) is 3. The average molecular weight is 523 g/mol. The minimum atomic E-state index is -0.348. The highest BCUT2D eigenvalue weighted by atomic mass is 16.5. The summed E-state index contributed by atoms with van der Waals surface area (Å²) in [6.07, 6.45) is 12.1. The van der Waals surface area contributed by atoms with Crippen LogP contribution in [-0.2, 0) is 9.53 Å². The van der Waals surface area contributed by atoms with E-state index in [2.05, 4.69) is 38.1 Å². The Bertz CT molecular complexity index is 958. The Morgan fingerprint density at radius 1 is 0.816 bits per heavy atom. The summed E-state index contributed by atoms with van der Waals surface area (Å²) in [6, 6.07) is 15.1. The number of unbranched alkanes of at least 4 members (excludes halogenated alkanes) is 5. The lowest BCUT2D eigenvalue weighted by Gasteiger charge is -2.27. The van der Waals surface area contributed by atoms with Gasteiger partial charge in [-0.2, -0.15) is 0 Å². The summed E-state index contributed by atoms with van der Waals surface area (Å²) >= 11 is 0. The van der Waals surface area contributed by atoms with E-state index in [0.717, 1.165) is 50.9 Å². The molecule has 0 N–H and O–H groups in total. The molecule has 0 radical (unpaired) electrons. The van der Waals surface area contributed by atoms with E-state index >= 15 is 0 Å². The van der Waals surface area contributed by atoms with Gasteiger partial charge in [0, 0.05) is 0 Å². The van der Waals surface area contributed by atoms with E-state index in [9.17, 15) is 9.59 Å². The second-order valence-corrected chi connectivity index (χ2v) is 10.8. The maximum Gasteiger partial charge on any atom is 0.338 e. The minimum Gasteiger partial charge on any atom is -0.494 e. The molecule has 1 unspecified atom stereocenters. The van der Waals surface area contributed by atoms with Crippen LogP contribution in [0.4, 0.5) is 0 Å². The molecule has 1 aliphatic rings. The molecule has 1 atom stereocenters. The van der Waals surface area contributed by atoms with E-state index in [1.54, 1.807) is 24.3 Å². The topological polar surface area (TPSA) is 61.8 Å². The first-order valence-electron chi connectivity index (χ1n) is 14.7. The zero-order valence-electron chi connectivity index (χ0n) is 23.6. The van der Waals surface area contributed by atoms with Crippen molar-refractivity contribution in [2.45, 2.75) is 97.3 Å². The standard InChI is InChI=1S/C33H46O5/c1-4-6-7-8-9-10-23-36-30-19-15-27(16-20-30)26-11-13-29(14-12-26)33(35)38-31-21-17-28(18-22-31)32(34)37-24-25(3)5-2/h15-22,25-26,29H,4-14,23-24H2,1-3H3/t25?,26-,29-. The molecular weight excluding hydrogens is 476 g/mol. The molecule has 5 heteroatoms. The van der Waals surface area contributed by atoms with Gasteiger partial charge < -0.3 is 14.2 Å². The smallest absolute Gasteiger partial charge is 0.338 e. The molecule has 1 fully saturated rings. The van der Waals surface area contributed by atoms with Crippen molar-refractivity contribution in [3.8, 4) is 11.5 Å². The fourth-order valence-corrected chi connectivity index (χ4v) is 4.85. The average Bonchev–Trinajstić information content (AvgIpc) is 2.96. The Kier molecular flexibility index (Phi) is 12.7. The van der Waals surface area contributed by atoms with Gasteiger partial charge in [0.2, 0.25) is 0 Å². The second-order valence-electron chi connectivity index (χ2n) is 10.8. The number of rotatable bonds is 15. The zero-order chi connectivity index (χ0) is 27.2. The van der Waals surface area contributed by atoms with Crippen molar-refractivity contribution in [1.82, 2.24) is 0 Å². The first kappa shape index (κ1) is 29.7. The molecule has 38 heavy (non-hydrogen) atoms. The molecule has 2 aromatic rings. The maximum absolute atomic E-state index is 12.8. The summed E-state index contributed by atoms with van der Waals surface area (Å²) in [7, 11) is 0. The fraction of sp³-hybridized carbons (Fsp3) is 0.576. The summed E-state index contributed by atoms with van der Waals surface area (Å²) in [5.74, 6) is 1.58. The maximum atomic E-state index is 12.8. The highest BCUT2D eigenvalue weighted by Crippen LogP contribution is 2.37. The van der Waals surface area contributed by atoms with Crippen molar-refractivity contribution in [2.75, 3.05) is 13.2 Å². The van der Waals surface area contributed by atoms with Crippen LogP contribution in [0.15, 0.2) is 48.5 Å². The zero-order valence-corrected chi connectivity index (χ0v) is 23.6. The van der Waals surface area contributed by atoms with Crippen molar-refractivity contribution < 1.29 is 23.8 Å². The van der Waals surface area contributed by atoms with Crippen LogP contribution in [0, 0.1) is 11.8 Å². The predicted molar refractivity (Wildman–Crippen MR) is 152 cm³/mol. The molecule has 0 saturated heterocycles. The van der Waals surface area contributed by atoms with Gasteiger partial charge in [-0.3, -0.25) is 4.79 Å². The summed E-state index contributed by atoms with van der Waals surface area (Å²) < 4.78 is 16.9. The molecule has 1 saturated carbocycles. The summed E-state index contributed by atoms with van der Waals surface area (Å²) in [5, 5.41) is 0. The van der Waals surface area contributed by atoms with Crippen LogP contribution in [0.5, 0.6) is 11.5 Å². The molecule has 5 nitrogen and oxygen atoms in total. The van der Waals surface area contributed by atoms with Gasteiger partial charge in [-0.15, -0.1) is 0 Å². The largest absolute Gasteiger partial charge is 0.494 e. The molecule has 0 bridgehead atoms. The molecule has 208 valence electrons. The van der Waals surface area contributed by atoms with Gasteiger partial charge in [0.15, 0.2) is 0 Å². The molecular formula is C33H46O5. The Morgan fingerprint density at radius 3 is 2.11 bits per heavy atom. The van der Waals surface area contributed by atoms with E-state index < -0.39 is 0 Å². The number of benzene rings is 2. The molecule has 0 aromatic heterocycles. The van der Waals surface area contributed by atoms with E-state index in [-0.39, 0.29) is 17.9 Å². The first-order chi connectivity index (χ1) is 18.5. The van der Waals surface area contributed by atoms with Crippen molar-refractivity contribution >= 4 is 11.9 Å². The predicted octanol–water partition coefficient (Wildman–Crippen LogP) is 8.51. The van der Waals surface area contributed by atoms with Crippen molar-refractivity contribution in [2.24, 2.45) is 11.8 Å². The highest BCUT2D eigenvalue weighted by Gasteiger charge is 2.28. The third kappa shape index (κ3) is 9.81. The highest BCUT2D eigenvalue weighted by molar-refractivity contribution is 5.89. The summed E-state index contributed by atoms with van der Waals surface area (Å²) in [5.41, 5.74) is 1.78. The summed E-state index contributed by atoms with van der Waals surface area (Å²) in [6.45, 7) is 7.55. The van der Waals surface area contributed by atoms with Gasteiger partial charge in [0.05, 0.1) is 24.7 Å². The lowest BCUT2D eigenvalue weighted by molar-refractivity contribution is -0.140. The number of hydrogen-bond acceptors (Lipinski definition) is 5. The lowest BCUT2D eigenvalue weighted by Crippen LogP contribution is -2.25. The summed E-state index contributed by atoms with van der Waals surface area (Å²) in [4.78, 5) is 24.9. The molecule has 0 spiro atoms. The van der Waals surface area contributed by atoms with Crippen LogP contribution >= 0.6 is 0 Å². The number of carbonyl (C=O) groups is 2. The van der Waals surface area contributed by atoms with Crippen molar-refractivity contribution in [3.63, 3.8) is 0 Å².